The van der Waals surface area contributed by atoms with E-state index in [1.807, 2.05) is 76.2 Å². The van der Waals surface area contributed by atoms with Gasteiger partial charge >= 0.3 is 12.4 Å². The smallest absolute Gasteiger partial charge is 0.402 e. The summed E-state index contributed by atoms with van der Waals surface area (Å²) in [6.07, 6.45) is -8.09. The van der Waals surface area contributed by atoms with E-state index in [1.54, 1.807) is 55.6 Å². The number of rotatable bonds is 7. The Labute approximate surface area is 301 Å². The van der Waals surface area contributed by atoms with Gasteiger partial charge in [-0.15, -0.1) is 0 Å². The van der Waals surface area contributed by atoms with Crippen molar-refractivity contribution in [2.75, 3.05) is 7.11 Å². The van der Waals surface area contributed by atoms with Crippen molar-refractivity contribution in [2.24, 2.45) is 0 Å². The minimum atomic E-state index is -4.64. The highest BCUT2D eigenvalue weighted by atomic mass is 19.4. The average molecular weight is 713 g/mol. The molecular formula is C45H42F6O. The number of fused-ring (bicyclic) bond motifs is 6. The van der Waals surface area contributed by atoms with Gasteiger partial charge in [-0.2, -0.15) is 26.3 Å². The van der Waals surface area contributed by atoms with Gasteiger partial charge in [0.15, 0.2) is 0 Å². The molecule has 0 radical (unpaired) electrons. The lowest BCUT2D eigenvalue weighted by Gasteiger charge is -2.35. The van der Waals surface area contributed by atoms with Crippen LogP contribution in [-0.2, 0) is 21.7 Å². The molecule has 0 amide bonds. The molecule has 52 heavy (non-hydrogen) atoms. The topological polar surface area (TPSA) is 9.23 Å². The first-order valence-corrected chi connectivity index (χ1v) is 17.7. The summed E-state index contributed by atoms with van der Waals surface area (Å²) >= 11 is 0. The molecule has 0 heterocycles. The maximum absolute atomic E-state index is 15.6. The molecule has 0 fully saturated rings. The van der Waals surface area contributed by atoms with Gasteiger partial charge < -0.3 is 4.74 Å². The lowest BCUT2D eigenvalue weighted by molar-refractivity contribution is -0.172. The molecule has 7 rings (SSSR count). The Hall–Kier alpha value is -4.52. The molecule has 5 aromatic carbocycles. The largest absolute Gasteiger partial charge is 0.497 e. The lowest BCUT2D eigenvalue weighted by atomic mass is 9.69. The Morgan fingerprint density at radius 3 is 1.21 bits per heavy atom. The molecule has 4 atom stereocenters. The molecule has 5 aromatic rings. The Balaban J connectivity index is 1.36. The van der Waals surface area contributed by atoms with E-state index in [1.165, 1.54) is 19.9 Å². The molecule has 1 nitrogen and oxygen atoms in total. The zero-order valence-corrected chi connectivity index (χ0v) is 30.4. The van der Waals surface area contributed by atoms with Crippen LogP contribution in [0.15, 0.2) is 103 Å². The summed E-state index contributed by atoms with van der Waals surface area (Å²) in [5.41, 5.74) is -0.145. The van der Waals surface area contributed by atoms with Crippen molar-refractivity contribution in [2.45, 2.75) is 88.4 Å². The third-order valence-corrected chi connectivity index (χ3v) is 12.9. The van der Waals surface area contributed by atoms with E-state index in [0.29, 0.717) is 52.0 Å². The van der Waals surface area contributed by atoms with Crippen molar-refractivity contribution < 1.29 is 31.1 Å². The molecule has 4 unspecified atom stereocenters. The second kappa shape index (κ2) is 11.7. The second-order valence-corrected chi connectivity index (χ2v) is 15.2. The number of alkyl halides is 6. The minimum absolute atomic E-state index is 0.153. The van der Waals surface area contributed by atoms with Crippen molar-refractivity contribution in [1.29, 1.82) is 0 Å². The molecule has 0 saturated heterocycles. The van der Waals surface area contributed by atoms with Gasteiger partial charge in [-0.1, -0.05) is 119 Å². The first-order valence-electron chi connectivity index (χ1n) is 17.7. The van der Waals surface area contributed by atoms with Crippen LogP contribution in [0.3, 0.4) is 0 Å². The van der Waals surface area contributed by atoms with Crippen molar-refractivity contribution in [3.8, 4) is 28.0 Å². The Kier molecular flexibility index (Phi) is 8.10. The van der Waals surface area contributed by atoms with Crippen LogP contribution >= 0.6 is 0 Å². The highest BCUT2D eigenvalue weighted by Crippen LogP contribution is 2.60. The van der Waals surface area contributed by atoms with Crippen molar-refractivity contribution in [3.05, 3.63) is 148 Å². The third-order valence-electron chi connectivity index (χ3n) is 12.9. The first-order chi connectivity index (χ1) is 24.4. The van der Waals surface area contributed by atoms with Crippen LogP contribution in [0.25, 0.3) is 22.3 Å². The SMILES string of the molecule is CCC(C)(c1ccc(OC)cc1)c1ccc2c(c1)C(C)(C(F)(F)F)c1cc(C(C)(CC)c3ccc4c(c3)C(C)(C(F)(F)F)c3ccccc3-4)ccc1-2. The van der Waals surface area contributed by atoms with Gasteiger partial charge in [-0.05, 0) is 106 Å². The van der Waals surface area contributed by atoms with E-state index in [4.69, 9.17) is 4.74 Å². The van der Waals surface area contributed by atoms with Gasteiger partial charge in [0.25, 0.3) is 0 Å². The summed E-state index contributed by atoms with van der Waals surface area (Å²) in [7, 11) is 1.59. The highest BCUT2D eigenvalue weighted by molar-refractivity contribution is 5.84. The van der Waals surface area contributed by atoms with Crippen molar-refractivity contribution in [3.63, 3.8) is 0 Å². The number of methoxy groups -OCH3 is 1. The predicted molar refractivity (Wildman–Crippen MR) is 195 cm³/mol. The molecule has 2 aliphatic rings. The van der Waals surface area contributed by atoms with Crippen LogP contribution in [0.1, 0.15) is 98.9 Å². The third kappa shape index (κ3) is 4.76. The molecule has 0 saturated carbocycles. The summed E-state index contributed by atoms with van der Waals surface area (Å²) in [6.45, 7) is 10.4. The molecule has 0 bridgehead atoms. The number of hydrogen-bond acceptors (Lipinski definition) is 1. The number of benzene rings is 5. The van der Waals surface area contributed by atoms with Gasteiger partial charge in [0.1, 0.15) is 16.6 Å². The zero-order valence-electron chi connectivity index (χ0n) is 30.4. The highest BCUT2D eigenvalue weighted by Gasteiger charge is 2.60. The van der Waals surface area contributed by atoms with E-state index < -0.39 is 34.0 Å². The summed E-state index contributed by atoms with van der Waals surface area (Å²) in [5, 5.41) is 0. The van der Waals surface area contributed by atoms with E-state index >= 15 is 13.2 Å². The van der Waals surface area contributed by atoms with Gasteiger partial charge in [0.2, 0.25) is 0 Å². The van der Waals surface area contributed by atoms with Crippen LogP contribution in [0.4, 0.5) is 26.3 Å². The van der Waals surface area contributed by atoms with E-state index in [2.05, 4.69) is 0 Å². The Bertz CT molecular complexity index is 2200. The van der Waals surface area contributed by atoms with E-state index in [0.717, 1.165) is 11.1 Å². The fraction of sp³-hybridized carbons (Fsp3) is 0.333. The summed E-state index contributed by atoms with van der Waals surface area (Å²) in [4.78, 5) is 0. The van der Waals surface area contributed by atoms with E-state index in [-0.39, 0.29) is 22.3 Å². The fourth-order valence-electron chi connectivity index (χ4n) is 8.77. The van der Waals surface area contributed by atoms with Crippen LogP contribution in [0.5, 0.6) is 5.75 Å². The summed E-state index contributed by atoms with van der Waals surface area (Å²) in [6, 6.07) is 30.2. The summed E-state index contributed by atoms with van der Waals surface area (Å²) < 4.78 is 97.0. The monoisotopic (exact) mass is 712 g/mol. The molecule has 7 heteroatoms. The van der Waals surface area contributed by atoms with Crippen LogP contribution in [-0.4, -0.2) is 19.5 Å². The van der Waals surface area contributed by atoms with Crippen LogP contribution in [0, 0.1) is 0 Å². The van der Waals surface area contributed by atoms with Gasteiger partial charge in [-0.3, -0.25) is 0 Å². The lowest BCUT2D eigenvalue weighted by Crippen LogP contribution is -2.39. The second-order valence-electron chi connectivity index (χ2n) is 15.2. The molecule has 0 N–H and O–H groups in total. The first kappa shape index (κ1) is 35.9. The number of hydrogen-bond donors (Lipinski definition) is 0. The maximum Gasteiger partial charge on any atom is 0.402 e. The molecule has 0 spiro atoms. The standard InChI is InChI=1S/C45H42F6O/c1-8-40(3,27-14-19-31(52-7)20-15-27)28-16-22-34-35-23-18-30(26-39(35)43(6,38(34)24-28)45(49,50)51)41(4,9-2)29-17-21-33-32-12-10-11-13-36(32)42(5,37(33)25-29)44(46,47)48/h10-26H,8-9H2,1-7H3. The number of halogens is 6. The van der Waals surface area contributed by atoms with Crippen LogP contribution in [0.2, 0.25) is 0 Å². The van der Waals surface area contributed by atoms with Gasteiger partial charge in [0.05, 0.1) is 7.11 Å². The molecule has 270 valence electrons. The maximum atomic E-state index is 15.6. The molecule has 0 aliphatic heterocycles. The van der Waals surface area contributed by atoms with Gasteiger partial charge in [0, 0.05) is 10.8 Å². The Morgan fingerprint density at radius 2 is 0.827 bits per heavy atom. The Morgan fingerprint density at radius 1 is 0.481 bits per heavy atom. The minimum Gasteiger partial charge on any atom is -0.497 e. The number of ether oxygens (including phenoxy) is 1. The fourth-order valence-corrected chi connectivity index (χ4v) is 8.77. The van der Waals surface area contributed by atoms with E-state index in [9.17, 15) is 13.2 Å². The quantitative estimate of drug-likeness (QED) is 0.153. The normalized spacial score (nSPS) is 21.4. The average Bonchev–Trinajstić information content (AvgIpc) is 3.56. The molecule has 0 aromatic heterocycles. The summed E-state index contributed by atoms with van der Waals surface area (Å²) in [5.74, 6) is 0.700. The van der Waals surface area contributed by atoms with Crippen LogP contribution < -0.4 is 4.74 Å². The predicted octanol–water partition coefficient (Wildman–Crippen LogP) is 12.8. The van der Waals surface area contributed by atoms with Crippen molar-refractivity contribution in [1.82, 2.24) is 0 Å². The zero-order chi connectivity index (χ0) is 37.6. The molecular weight excluding hydrogens is 670 g/mol. The van der Waals surface area contributed by atoms with Gasteiger partial charge in [-0.25, -0.2) is 0 Å². The van der Waals surface area contributed by atoms with Crippen molar-refractivity contribution >= 4 is 0 Å². The molecule has 2 aliphatic carbocycles.